The van der Waals surface area contributed by atoms with Gasteiger partial charge in [0.15, 0.2) is 0 Å². The van der Waals surface area contributed by atoms with Crippen molar-refractivity contribution >= 4 is 10.0 Å². The summed E-state index contributed by atoms with van der Waals surface area (Å²) in [6.07, 6.45) is -1.90. The van der Waals surface area contributed by atoms with Crippen molar-refractivity contribution in [3.05, 3.63) is 12.4 Å². The zero-order valence-corrected chi connectivity index (χ0v) is 12.2. The summed E-state index contributed by atoms with van der Waals surface area (Å²) in [6.45, 7) is -0.899. The Morgan fingerprint density at radius 2 is 2.10 bits per heavy atom. The van der Waals surface area contributed by atoms with Gasteiger partial charge in [-0.2, -0.15) is 18.3 Å². The van der Waals surface area contributed by atoms with Crippen molar-refractivity contribution in [2.75, 3.05) is 33.4 Å². The molecule has 0 radical (unpaired) electrons. The van der Waals surface area contributed by atoms with Gasteiger partial charge in [-0.3, -0.25) is 4.68 Å². The van der Waals surface area contributed by atoms with Crippen LogP contribution in [0.5, 0.6) is 0 Å². The van der Waals surface area contributed by atoms with Crippen LogP contribution in [0.1, 0.15) is 0 Å². The molecule has 21 heavy (non-hydrogen) atoms. The van der Waals surface area contributed by atoms with Crippen LogP contribution in [0.15, 0.2) is 17.3 Å². The first-order valence-corrected chi connectivity index (χ1v) is 7.54. The van der Waals surface area contributed by atoms with E-state index < -0.39 is 22.8 Å². The van der Waals surface area contributed by atoms with Crippen LogP contribution in [-0.4, -0.2) is 57.7 Å². The number of likely N-dealkylation sites (N-methyl/N-ethyl adjacent to an activating group) is 1. The lowest BCUT2D eigenvalue weighted by atomic mass is 10.6. The summed E-state index contributed by atoms with van der Waals surface area (Å²) >= 11 is 0. The number of nitrogens with one attached hydrogen (secondary N) is 2. The van der Waals surface area contributed by atoms with Crippen molar-refractivity contribution in [1.29, 1.82) is 0 Å². The summed E-state index contributed by atoms with van der Waals surface area (Å²) in [5.41, 5.74) is 0. The van der Waals surface area contributed by atoms with E-state index >= 15 is 0 Å². The Balaban J connectivity index is 2.41. The summed E-state index contributed by atoms with van der Waals surface area (Å²) in [5.74, 6) is 0. The lowest BCUT2D eigenvalue weighted by molar-refractivity contribution is -0.173. The molecule has 7 nitrogen and oxygen atoms in total. The molecule has 122 valence electrons. The summed E-state index contributed by atoms with van der Waals surface area (Å²) in [5, 5.41) is 6.76. The van der Waals surface area contributed by atoms with Crippen molar-refractivity contribution in [2.24, 2.45) is 0 Å². The van der Waals surface area contributed by atoms with Gasteiger partial charge in [-0.05, 0) is 7.05 Å². The lowest BCUT2D eigenvalue weighted by Crippen LogP contribution is -2.28. The van der Waals surface area contributed by atoms with Gasteiger partial charge in [-0.25, -0.2) is 13.1 Å². The number of sulfonamides is 1. The lowest BCUT2D eigenvalue weighted by Gasteiger charge is -2.08. The van der Waals surface area contributed by atoms with E-state index in [1.165, 1.54) is 17.1 Å². The fourth-order valence-corrected chi connectivity index (χ4v) is 2.32. The number of hydrogen-bond acceptors (Lipinski definition) is 5. The van der Waals surface area contributed by atoms with Crippen molar-refractivity contribution in [2.45, 2.75) is 17.6 Å². The van der Waals surface area contributed by atoms with Crippen molar-refractivity contribution in [1.82, 2.24) is 19.8 Å². The molecule has 0 saturated heterocycles. The number of nitrogens with zero attached hydrogens (tertiary/aromatic N) is 2. The van der Waals surface area contributed by atoms with E-state index in [1.54, 1.807) is 7.05 Å². The minimum Gasteiger partial charge on any atom is -0.371 e. The van der Waals surface area contributed by atoms with Crippen LogP contribution in [0.25, 0.3) is 0 Å². The molecule has 1 aromatic rings. The fourth-order valence-electron chi connectivity index (χ4n) is 1.35. The first-order chi connectivity index (χ1) is 9.74. The SMILES string of the molecule is CNCCn1cc(S(=O)(=O)NCCOCC(F)(F)F)cn1. The van der Waals surface area contributed by atoms with E-state index in [0.717, 1.165) is 0 Å². The zero-order valence-electron chi connectivity index (χ0n) is 11.4. The van der Waals surface area contributed by atoms with Gasteiger partial charge >= 0.3 is 6.18 Å². The topological polar surface area (TPSA) is 85.2 Å². The van der Waals surface area contributed by atoms with Crippen molar-refractivity contribution < 1.29 is 26.3 Å². The Hall–Kier alpha value is -1.17. The highest BCUT2D eigenvalue weighted by Gasteiger charge is 2.27. The van der Waals surface area contributed by atoms with Crippen LogP contribution >= 0.6 is 0 Å². The molecule has 0 aliphatic heterocycles. The molecule has 0 fully saturated rings. The Kier molecular flexibility index (Phi) is 6.58. The highest BCUT2D eigenvalue weighted by Crippen LogP contribution is 2.14. The van der Waals surface area contributed by atoms with E-state index in [0.29, 0.717) is 13.1 Å². The van der Waals surface area contributed by atoms with Crippen molar-refractivity contribution in [3.63, 3.8) is 0 Å². The normalized spacial score (nSPS) is 12.8. The minimum atomic E-state index is -4.42. The molecular formula is C10H17F3N4O3S. The monoisotopic (exact) mass is 330 g/mol. The minimum absolute atomic E-state index is 0.0468. The first kappa shape index (κ1) is 17.9. The number of ether oxygens (including phenoxy) is 1. The van der Waals surface area contributed by atoms with Gasteiger partial charge in [0.1, 0.15) is 11.5 Å². The molecule has 0 aliphatic carbocycles. The van der Waals surface area contributed by atoms with Crippen LogP contribution < -0.4 is 10.0 Å². The molecule has 0 aromatic carbocycles. The first-order valence-electron chi connectivity index (χ1n) is 6.06. The van der Waals surface area contributed by atoms with E-state index in [1.807, 2.05) is 0 Å². The summed E-state index contributed by atoms with van der Waals surface area (Å²) in [4.78, 5) is -0.0468. The number of rotatable bonds is 9. The second kappa shape index (κ2) is 7.73. The van der Waals surface area contributed by atoms with Crippen LogP contribution in [0, 0.1) is 0 Å². The maximum Gasteiger partial charge on any atom is 0.411 e. The van der Waals surface area contributed by atoms with Gasteiger partial charge in [-0.15, -0.1) is 0 Å². The Labute approximate surface area is 120 Å². The van der Waals surface area contributed by atoms with E-state index in [4.69, 9.17) is 0 Å². The summed E-state index contributed by atoms with van der Waals surface area (Å²) in [7, 11) is -2.04. The van der Waals surface area contributed by atoms with E-state index in [9.17, 15) is 21.6 Å². The Morgan fingerprint density at radius 1 is 1.38 bits per heavy atom. The van der Waals surface area contributed by atoms with Gasteiger partial charge in [0.25, 0.3) is 0 Å². The fraction of sp³-hybridized carbons (Fsp3) is 0.700. The van der Waals surface area contributed by atoms with Gasteiger partial charge in [-0.1, -0.05) is 0 Å². The zero-order chi connectivity index (χ0) is 15.9. The molecule has 0 aliphatic rings. The number of hydrogen-bond donors (Lipinski definition) is 2. The third-order valence-corrected chi connectivity index (χ3v) is 3.73. The molecule has 0 spiro atoms. The molecule has 1 aromatic heterocycles. The predicted octanol–water partition coefficient (Wildman–Crippen LogP) is -0.0403. The van der Waals surface area contributed by atoms with Gasteiger partial charge in [0.2, 0.25) is 10.0 Å². The Morgan fingerprint density at radius 3 is 2.71 bits per heavy atom. The number of halogens is 3. The van der Waals surface area contributed by atoms with Crippen molar-refractivity contribution in [3.8, 4) is 0 Å². The maximum atomic E-state index is 11.8. The van der Waals surface area contributed by atoms with Gasteiger partial charge < -0.3 is 10.1 Å². The smallest absolute Gasteiger partial charge is 0.371 e. The second-order valence-corrected chi connectivity index (χ2v) is 5.88. The van der Waals surface area contributed by atoms with Gasteiger partial charge in [0.05, 0.1) is 19.3 Å². The van der Waals surface area contributed by atoms with Crippen LogP contribution in [0.4, 0.5) is 13.2 Å². The average Bonchev–Trinajstić information content (AvgIpc) is 2.84. The summed E-state index contributed by atoms with van der Waals surface area (Å²) < 4.78 is 67.0. The highest BCUT2D eigenvalue weighted by atomic mass is 32.2. The van der Waals surface area contributed by atoms with Crippen LogP contribution in [0.3, 0.4) is 0 Å². The summed E-state index contributed by atoms with van der Waals surface area (Å²) in [6, 6.07) is 0. The number of aromatic nitrogens is 2. The maximum absolute atomic E-state index is 11.8. The molecule has 1 heterocycles. The largest absolute Gasteiger partial charge is 0.411 e. The second-order valence-electron chi connectivity index (χ2n) is 4.11. The molecule has 0 atom stereocenters. The van der Waals surface area contributed by atoms with E-state index in [2.05, 4.69) is 19.9 Å². The molecule has 2 N–H and O–H groups in total. The predicted molar refractivity (Wildman–Crippen MR) is 68.2 cm³/mol. The molecule has 0 amide bonds. The van der Waals surface area contributed by atoms with Crippen LogP contribution in [-0.2, 0) is 21.3 Å². The third-order valence-electron chi connectivity index (χ3n) is 2.31. The highest BCUT2D eigenvalue weighted by molar-refractivity contribution is 7.89. The van der Waals surface area contributed by atoms with E-state index in [-0.39, 0.29) is 18.0 Å². The molecule has 0 unspecified atom stereocenters. The molecular weight excluding hydrogens is 313 g/mol. The average molecular weight is 330 g/mol. The quantitative estimate of drug-likeness (QED) is 0.621. The molecule has 0 bridgehead atoms. The van der Waals surface area contributed by atoms with Crippen LogP contribution in [0.2, 0.25) is 0 Å². The van der Waals surface area contributed by atoms with Gasteiger partial charge in [0, 0.05) is 19.3 Å². The molecule has 1 rings (SSSR count). The standard InChI is InChI=1S/C10H17F3N4O3S/c1-14-2-4-17-7-9(6-15-17)21(18,19)16-3-5-20-8-10(11,12)13/h6-7,14,16H,2-5,8H2,1H3. The molecule has 0 saturated carbocycles. The third kappa shape index (κ3) is 6.89. The molecule has 11 heteroatoms. The number of alkyl halides is 3. The Bertz CT molecular complexity index is 530.